The summed E-state index contributed by atoms with van der Waals surface area (Å²) in [5.74, 6) is 5.93. The Morgan fingerprint density at radius 1 is 0.762 bits per heavy atom. The molecule has 6 unspecified atom stereocenters. The quantitative estimate of drug-likeness (QED) is 0.336. The summed E-state index contributed by atoms with van der Waals surface area (Å²) in [6.07, 6.45) is 13.4. The average molecular weight is 582 g/mol. The Labute approximate surface area is 255 Å². The van der Waals surface area contributed by atoms with Gasteiger partial charge in [-0.15, -0.1) is 0 Å². The van der Waals surface area contributed by atoms with Gasteiger partial charge in [0.05, 0.1) is 12.2 Å². The highest BCUT2D eigenvalue weighted by Crippen LogP contribution is 2.65. The second-order valence-corrected chi connectivity index (χ2v) is 16.6. The molecule has 0 heterocycles. The molecule has 0 bridgehead atoms. The number of nitrogens with zero attached hydrogens (tertiary/aromatic N) is 1. The zero-order valence-electron chi connectivity index (χ0n) is 27.4. The topological polar surface area (TPSA) is 79.0 Å². The smallest absolute Gasteiger partial charge is 0.215 e. The lowest BCUT2D eigenvalue weighted by atomic mass is 9.48. The molecule has 0 aromatic carbocycles. The highest BCUT2D eigenvalue weighted by molar-refractivity contribution is 5.85. The Hall–Kier alpha value is -1.25. The van der Waals surface area contributed by atoms with Crippen LogP contribution in [0.2, 0.25) is 0 Å². The lowest BCUT2D eigenvalue weighted by molar-refractivity contribution is -0.146. The van der Waals surface area contributed by atoms with Gasteiger partial charge in [-0.05, 0) is 136 Å². The molecule has 0 radical (unpaired) electrons. The number of hydrogen-bond acceptors (Lipinski definition) is 4. The van der Waals surface area contributed by atoms with E-state index in [0.29, 0.717) is 65.5 Å². The molecule has 2 N–H and O–H groups in total. The van der Waals surface area contributed by atoms with Crippen LogP contribution in [0.3, 0.4) is 0 Å². The van der Waals surface area contributed by atoms with Crippen LogP contribution < -0.4 is 0 Å². The van der Waals surface area contributed by atoms with Gasteiger partial charge in [0.2, 0.25) is 6.54 Å². The Morgan fingerprint density at radius 2 is 1.31 bits per heavy atom. The van der Waals surface area contributed by atoms with Gasteiger partial charge in [-0.2, -0.15) is 0 Å². The Morgan fingerprint density at radius 3 is 1.88 bits per heavy atom. The predicted molar refractivity (Wildman–Crippen MR) is 166 cm³/mol. The predicted octanol–water partition coefficient (Wildman–Crippen LogP) is 7.53. The third kappa shape index (κ3) is 5.13. The molecule has 0 aromatic rings. The molecule has 5 heteroatoms. The second-order valence-electron chi connectivity index (χ2n) is 16.6. The monoisotopic (exact) mass is 581 g/mol. The first kappa shape index (κ1) is 32.2. The number of ketones is 2. The maximum atomic E-state index is 12.7. The number of carbonyl (C=O) groups excluding carboxylic acids is 2. The molecule has 6 aliphatic rings. The molecular weight excluding hydrogens is 522 g/mol. The van der Waals surface area contributed by atoms with Gasteiger partial charge in [0.25, 0.3) is 0 Å². The maximum absolute atomic E-state index is 12.7. The van der Waals surface area contributed by atoms with Gasteiger partial charge in [0.1, 0.15) is 11.6 Å². The van der Waals surface area contributed by atoms with E-state index in [-0.39, 0.29) is 29.0 Å². The van der Waals surface area contributed by atoms with Crippen LogP contribution in [0.15, 0.2) is 0 Å². The minimum Gasteiger partial charge on any atom is -0.393 e. The van der Waals surface area contributed by atoms with Crippen molar-refractivity contribution >= 4 is 11.6 Å². The molecule has 14 atom stereocenters. The van der Waals surface area contributed by atoms with Crippen LogP contribution in [0.4, 0.5) is 0 Å². The van der Waals surface area contributed by atoms with Gasteiger partial charge in [-0.25, -0.2) is 6.57 Å². The van der Waals surface area contributed by atoms with Crippen LogP contribution >= 0.6 is 0 Å². The van der Waals surface area contributed by atoms with E-state index >= 15 is 0 Å². The van der Waals surface area contributed by atoms with Crippen molar-refractivity contribution in [2.45, 2.75) is 137 Å². The van der Waals surface area contributed by atoms with Crippen molar-refractivity contribution in [1.82, 2.24) is 0 Å². The lowest BCUT2D eigenvalue weighted by Gasteiger charge is -2.55. The lowest BCUT2D eigenvalue weighted by Crippen LogP contribution is -2.53. The van der Waals surface area contributed by atoms with Gasteiger partial charge in [-0.3, -0.25) is 9.59 Å². The number of carbonyl (C=O) groups is 2. The number of aliphatic hydroxyl groups is 2. The van der Waals surface area contributed by atoms with E-state index < -0.39 is 0 Å². The van der Waals surface area contributed by atoms with Crippen molar-refractivity contribution in [1.29, 1.82) is 0 Å². The number of hydrogen-bond donors (Lipinski definition) is 2. The Balaban J connectivity index is 0.000000171. The number of aliphatic hydroxyl groups excluding tert-OH is 2. The van der Waals surface area contributed by atoms with E-state index in [2.05, 4.69) is 32.5 Å². The van der Waals surface area contributed by atoms with Gasteiger partial charge in [0.15, 0.2) is 0 Å². The van der Waals surface area contributed by atoms with Crippen LogP contribution in [0.5, 0.6) is 0 Å². The fourth-order valence-electron chi connectivity index (χ4n) is 12.7. The summed E-state index contributed by atoms with van der Waals surface area (Å²) < 4.78 is 0. The van der Waals surface area contributed by atoms with Gasteiger partial charge < -0.3 is 15.1 Å². The fourth-order valence-corrected chi connectivity index (χ4v) is 12.7. The molecule has 42 heavy (non-hydrogen) atoms. The summed E-state index contributed by atoms with van der Waals surface area (Å²) in [5.41, 5.74) is 0.295. The zero-order valence-corrected chi connectivity index (χ0v) is 27.4. The molecule has 5 nitrogen and oxygen atoms in total. The minimum absolute atomic E-state index is 0.172. The normalized spacial score (nSPS) is 49.4. The zero-order chi connectivity index (χ0) is 30.6. The van der Waals surface area contributed by atoms with Crippen LogP contribution in [0.1, 0.15) is 125 Å². The number of fused-ring (bicyclic) bond motifs is 6. The third-order valence-electron chi connectivity index (χ3n) is 15.0. The summed E-state index contributed by atoms with van der Waals surface area (Å²) in [4.78, 5) is 28.2. The first-order valence-electron chi connectivity index (χ1n) is 17.5. The van der Waals surface area contributed by atoms with E-state index in [1.165, 1.54) is 32.1 Å². The Kier molecular flexibility index (Phi) is 9.13. The SMILES string of the molecule is C[C@H](O)[C@H]1CCC2C3CCC(=O)[C@H](C)C3CC[C@@]21C.[C-]#[N+]CC[C@]1(C)C(=O)CCC2C3CC[C@H]([C@H](C)O)[C@@]3(C)CCC21. The first-order chi connectivity index (χ1) is 19.8. The first-order valence-corrected chi connectivity index (χ1v) is 17.5. The Bertz CT molecular complexity index is 1060. The molecule has 236 valence electrons. The van der Waals surface area contributed by atoms with Crippen molar-refractivity contribution in [2.75, 3.05) is 6.54 Å². The molecule has 0 aliphatic heterocycles. The van der Waals surface area contributed by atoms with Crippen molar-refractivity contribution in [3.63, 3.8) is 0 Å². The van der Waals surface area contributed by atoms with E-state index in [9.17, 15) is 19.8 Å². The summed E-state index contributed by atoms with van der Waals surface area (Å²) in [6, 6.07) is 0. The third-order valence-corrected chi connectivity index (χ3v) is 15.0. The maximum Gasteiger partial charge on any atom is 0.215 e. The minimum atomic E-state index is -0.280. The summed E-state index contributed by atoms with van der Waals surface area (Å²) in [6.45, 7) is 20.6. The van der Waals surface area contributed by atoms with Crippen LogP contribution in [-0.4, -0.2) is 40.5 Å². The standard InChI is InChI=1S/C20H31NO2.C17H28O2/c1-13(22)15-6-7-16-14-5-8-18(23)20(3,11-12-21-4)17(14)9-10-19(15,16)2;1-10-12-8-9-17(3)14(11(2)18)5-6-15(17)13(12)4-7-16(10)19/h13-17,22H,5-12H2,1-3H3;10-15,18H,4-9H2,1-3H3/t13-,14?,15+,16?,17?,19+,20-;10-,11+,12?,13?,14-,15?,17-/m01/s1. The van der Waals surface area contributed by atoms with Crippen LogP contribution in [0.25, 0.3) is 4.85 Å². The molecule has 0 aromatic heterocycles. The molecule has 0 saturated heterocycles. The fraction of sp³-hybridized carbons (Fsp3) is 0.919. The summed E-state index contributed by atoms with van der Waals surface area (Å²) in [5, 5.41) is 20.3. The van der Waals surface area contributed by atoms with Crippen LogP contribution in [0, 0.1) is 76.1 Å². The molecule has 6 fully saturated rings. The molecule has 6 rings (SSSR count). The number of Topliss-reactive ketones (excluding diaryl/α,β-unsaturated/α-hetero) is 2. The van der Waals surface area contributed by atoms with Crippen molar-refractivity contribution in [3.05, 3.63) is 11.4 Å². The molecule has 0 spiro atoms. The average Bonchev–Trinajstić information content (AvgIpc) is 3.49. The van der Waals surface area contributed by atoms with Gasteiger partial charge >= 0.3 is 0 Å². The summed E-state index contributed by atoms with van der Waals surface area (Å²) >= 11 is 0. The molecular formula is C37H59NO4. The van der Waals surface area contributed by atoms with E-state index in [1.54, 1.807) is 0 Å². The van der Waals surface area contributed by atoms with Crippen molar-refractivity contribution in [2.24, 2.45) is 69.5 Å². The van der Waals surface area contributed by atoms with Gasteiger partial charge in [-0.1, -0.05) is 27.7 Å². The van der Waals surface area contributed by atoms with Gasteiger partial charge in [0, 0.05) is 30.6 Å². The highest BCUT2D eigenvalue weighted by atomic mass is 16.3. The molecule has 6 aliphatic carbocycles. The molecule has 0 amide bonds. The van der Waals surface area contributed by atoms with E-state index in [0.717, 1.165) is 56.8 Å². The van der Waals surface area contributed by atoms with E-state index in [4.69, 9.17) is 6.57 Å². The summed E-state index contributed by atoms with van der Waals surface area (Å²) in [7, 11) is 0. The highest BCUT2D eigenvalue weighted by Gasteiger charge is 2.60. The van der Waals surface area contributed by atoms with E-state index in [1.807, 2.05) is 13.8 Å². The van der Waals surface area contributed by atoms with Crippen molar-refractivity contribution < 1.29 is 19.8 Å². The van der Waals surface area contributed by atoms with Crippen LogP contribution in [-0.2, 0) is 9.59 Å². The second kappa shape index (κ2) is 11.9. The number of rotatable bonds is 4. The van der Waals surface area contributed by atoms with Crippen molar-refractivity contribution in [3.8, 4) is 0 Å². The molecule has 6 saturated carbocycles. The largest absolute Gasteiger partial charge is 0.393 e.